The van der Waals surface area contributed by atoms with Crippen LogP contribution in [0.2, 0.25) is 5.02 Å². The number of benzene rings is 2. The van der Waals surface area contributed by atoms with Gasteiger partial charge in [0.05, 0.1) is 31.8 Å². The molecule has 0 N–H and O–H groups in total. The third-order valence-electron chi connectivity index (χ3n) is 5.65. The maximum absolute atomic E-state index is 13.4. The van der Waals surface area contributed by atoms with Crippen LogP contribution in [0, 0.1) is 0 Å². The third-order valence-corrected chi connectivity index (χ3v) is 5.89. The van der Waals surface area contributed by atoms with E-state index in [0.717, 1.165) is 29.4 Å². The molecule has 0 atom stereocenters. The highest BCUT2D eigenvalue weighted by Gasteiger charge is 2.23. The summed E-state index contributed by atoms with van der Waals surface area (Å²) in [5.41, 5.74) is 2.84. The lowest BCUT2D eigenvalue weighted by molar-refractivity contribution is 0.350. The van der Waals surface area contributed by atoms with E-state index >= 15 is 0 Å². The molecule has 28 heavy (non-hydrogen) atoms. The molecule has 1 aromatic heterocycles. The molecule has 0 amide bonds. The predicted molar refractivity (Wildman–Crippen MR) is 112 cm³/mol. The molecule has 1 aliphatic carbocycles. The van der Waals surface area contributed by atoms with Crippen LogP contribution in [0.25, 0.3) is 11.0 Å². The lowest BCUT2D eigenvalue weighted by Gasteiger charge is -2.23. The van der Waals surface area contributed by atoms with E-state index in [2.05, 4.69) is 0 Å². The second-order valence-corrected chi connectivity index (χ2v) is 7.79. The Morgan fingerprint density at radius 2 is 1.71 bits per heavy atom. The number of fused-ring (bicyclic) bond motifs is 1. The standard InChI is InChI=1S/C22H25ClN2O3/c1-27-20-11-8-15(12-21(20)28-2)14-24-18-10-9-16(23)13-19(18)25(22(24)26)17-6-4-3-5-7-17/h8-13,17H,3-7,14H2,1-2H3. The molecule has 4 rings (SSSR count). The molecular formula is C22H25ClN2O3. The number of ether oxygens (including phenoxy) is 2. The Kier molecular flexibility index (Phi) is 5.36. The van der Waals surface area contributed by atoms with Crippen LogP contribution in [0.5, 0.6) is 11.5 Å². The first-order chi connectivity index (χ1) is 13.6. The zero-order valence-electron chi connectivity index (χ0n) is 16.3. The van der Waals surface area contributed by atoms with Gasteiger partial charge in [-0.3, -0.25) is 9.13 Å². The van der Waals surface area contributed by atoms with Gasteiger partial charge >= 0.3 is 5.69 Å². The molecule has 1 saturated carbocycles. The number of aromatic nitrogens is 2. The number of halogens is 1. The summed E-state index contributed by atoms with van der Waals surface area (Å²) in [4.78, 5) is 13.4. The Morgan fingerprint density at radius 3 is 2.43 bits per heavy atom. The van der Waals surface area contributed by atoms with Gasteiger partial charge < -0.3 is 9.47 Å². The highest BCUT2D eigenvalue weighted by Crippen LogP contribution is 2.32. The molecule has 0 saturated heterocycles. The molecule has 0 spiro atoms. The van der Waals surface area contributed by atoms with Crippen LogP contribution in [0.4, 0.5) is 0 Å². The van der Waals surface area contributed by atoms with Crippen molar-refractivity contribution in [2.24, 2.45) is 0 Å². The molecule has 1 heterocycles. The Morgan fingerprint density at radius 1 is 0.964 bits per heavy atom. The Bertz CT molecular complexity index is 1050. The zero-order chi connectivity index (χ0) is 19.7. The van der Waals surface area contributed by atoms with Gasteiger partial charge in [0.2, 0.25) is 0 Å². The van der Waals surface area contributed by atoms with Crippen molar-refractivity contribution in [3.8, 4) is 11.5 Å². The minimum Gasteiger partial charge on any atom is -0.493 e. The fourth-order valence-electron chi connectivity index (χ4n) is 4.26. The van der Waals surface area contributed by atoms with Gasteiger partial charge in [0, 0.05) is 11.1 Å². The van der Waals surface area contributed by atoms with Crippen molar-refractivity contribution in [2.45, 2.75) is 44.7 Å². The van der Waals surface area contributed by atoms with Crippen molar-refractivity contribution in [2.75, 3.05) is 14.2 Å². The lowest BCUT2D eigenvalue weighted by Crippen LogP contribution is -2.29. The van der Waals surface area contributed by atoms with Crippen molar-refractivity contribution < 1.29 is 9.47 Å². The third kappa shape index (κ3) is 3.39. The van der Waals surface area contributed by atoms with Crippen molar-refractivity contribution in [3.63, 3.8) is 0 Å². The largest absolute Gasteiger partial charge is 0.493 e. The van der Waals surface area contributed by atoms with Crippen molar-refractivity contribution >= 4 is 22.6 Å². The van der Waals surface area contributed by atoms with Gasteiger partial charge in [0.15, 0.2) is 11.5 Å². The first-order valence-electron chi connectivity index (χ1n) is 9.73. The molecular weight excluding hydrogens is 376 g/mol. The maximum atomic E-state index is 13.4. The molecule has 0 radical (unpaired) electrons. The summed E-state index contributed by atoms with van der Waals surface area (Å²) in [6.45, 7) is 0.469. The summed E-state index contributed by atoms with van der Waals surface area (Å²) in [6.07, 6.45) is 5.67. The van der Waals surface area contributed by atoms with Gasteiger partial charge in [-0.15, -0.1) is 0 Å². The number of rotatable bonds is 5. The monoisotopic (exact) mass is 400 g/mol. The average molecular weight is 401 g/mol. The fraction of sp³-hybridized carbons (Fsp3) is 0.409. The predicted octanol–water partition coefficient (Wildman–Crippen LogP) is 5.03. The van der Waals surface area contributed by atoms with Gasteiger partial charge in [-0.25, -0.2) is 4.79 Å². The van der Waals surface area contributed by atoms with Gasteiger partial charge in [-0.2, -0.15) is 0 Å². The van der Waals surface area contributed by atoms with Crippen LogP contribution >= 0.6 is 11.6 Å². The quantitative estimate of drug-likeness (QED) is 0.603. The summed E-state index contributed by atoms with van der Waals surface area (Å²) >= 11 is 6.27. The molecule has 1 aliphatic rings. The first-order valence-corrected chi connectivity index (χ1v) is 10.1. The summed E-state index contributed by atoms with van der Waals surface area (Å²) in [6, 6.07) is 11.7. The first kappa shape index (κ1) is 18.9. The van der Waals surface area contributed by atoms with Crippen LogP contribution in [0.15, 0.2) is 41.2 Å². The number of nitrogens with zero attached hydrogens (tertiary/aromatic N) is 2. The highest BCUT2D eigenvalue weighted by atomic mass is 35.5. The second kappa shape index (κ2) is 7.92. The summed E-state index contributed by atoms with van der Waals surface area (Å²) < 4.78 is 14.5. The van der Waals surface area contributed by atoms with E-state index in [9.17, 15) is 4.79 Å². The number of hydrogen-bond donors (Lipinski definition) is 0. The van der Waals surface area contributed by atoms with Gasteiger partial charge in [-0.05, 0) is 48.7 Å². The van der Waals surface area contributed by atoms with Gasteiger partial charge in [-0.1, -0.05) is 36.9 Å². The van der Waals surface area contributed by atoms with Gasteiger partial charge in [0.1, 0.15) is 0 Å². The van der Waals surface area contributed by atoms with E-state index in [4.69, 9.17) is 21.1 Å². The normalized spacial score (nSPS) is 15.1. The molecule has 5 nitrogen and oxygen atoms in total. The molecule has 0 aliphatic heterocycles. The number of hydrogen-bond acceptors (Lipinski definition) is 3. The van der Waals surface area contributed by atoms with Crippen molar-refractivity contribution in [1.82, 2.24) is 9.13 Å². The van der Waals surface area contributed by atoms with E-state index in [1.54, 1.807) is 14.2 Å². The van der Waals surface area contributed by atoms with E-state index < -0.39 is 0 Å². The minimum atomic E-state index is 0.0268. The second-order valence-electron chi connectivity index (χ2n) is 7.35. The Hall–Kier alpha value is -2.40. The van der Waals surface area contributed by atoms with E-state index in [-0.39, 0.29) is 11.7 Å². The smallest absolute Gasteiger partial charge is 0.329 e. The Balaban J connectivity index is 1.81. The fourth-order valence-corrected chi connectivity index (χ4v) is 4.43. The summed E-state index contributed by atoms with van der Waals surface area (Å²) in [5.74, 6) is 1.34. The molecule has 2 aromatic carbocycles. The topological polar surface area (TPSA) is 45.4 Å². The Labute approximate surface area is 169 Å². The van der Waals surface area contributed by atoms with E-state index in [1.807, 2.05) is 45.5 Å². The van der Waals surface area contributed by atoms with Crippen LogP contribution in [-0.4, -0.2) is 23.4 Å². The lowest BCUT2D eigenvalue weighted by atomic mass is 9.95. The molecule has 3 aromatic rings. The van der Waals surface area contributed by atoms with Crippen LogP contribution in [0.1, 0.15) is 43.7 Å². The highest BCUT2D eigenvalue weighted by molar-refractivity contribution is 6.31. The molecule has 0 unspecified atom stereocenters. The molecule has 148 valence electrons. The average Bonchev–Trinajstić information content (AvgIpc) is 2.99. The van der Waals surface area contributed by atoms with E-state index in [0.29, 0.717) is 23.1 Å². The van der Waals surface area contributed by atoms with Crippen molar-refractivity contribution in [3.05, 3.63) is 57.5 Å². The van der Waals surface area contributed by atoms with Crippen LogP contribution < -0.4 is 15.2 Å². The van der Waals surface area contributed by atoms with E-state index in [1.165, 1.54) is 19.3 Å². The van der Waals surface area contributed by atoms with Crippen molar-refractivity contribution in [1.29, 1.82) is 0 Å². The minimum absolute atomic E-state index is 0.0268. The van der Waals surface area contributed by atoms with Crippen LogP contribution in [-0.2, 0) is 6.54 Å². The van der Waals surface area contributed by atoms with Gasteiger partial charge in [0.25, 0.3) is 0 Å². The molecule has 0 bridgehead atoms. The molecule has 6 heteroatoms. The number of imidazole rings is 1. The summed E-state index contributed by atoms with van der Waals surface area (Å²) in [7, 11) is 3.23. The molecule has 1 fully saturated rings. The number of methoxy groups -OCH3 is 2. The SMILES string of the molecule is COc1ccc(Cn2c(=O)n(C3CCCCC3)c3cc(Cl)ccc32)cc1OC. The van der Waals surface area contributed by atoms with Crippen LogP contribution in [0.3, 0.4) is 0 Å². The maximum Gasteiger partial charge on any atom is 0.329 e. The summed E-state index contributed by atoms with van der Waals surface area (Å²) in [5, 5.41) is 0.653. The zero-order valence-corrected chi connectivity index (χ0v) is 17.0.